The molecule has 0 saturated heterocycles. The molecule has 2 aliphatic carbocycles. The van der Waals surface area contributed by atoms with Gasteiger partial charge in [0.1, 0.15) is 11.5 Å². The van der Waals surface area contributed by atoms with Gasteiger partial charge < -0.3 is 4.74 Å². The lowest BCUT2D eigenvalue weighted by atomic mass is 9.99. The molecule has 19 heavy (non-hydrogen) atoms. The minimum absolute atomic E-state index is 0.338. The minimum Gasteiger partial charge on any atom is -0.493 e. The van der Waals surface area contributed by atoms with E-state index < -0.39 is 0 Å². The van der Waals surface area contributed by atoms with Gasteiger partial charge in [0, 0.05) is 29.3 Å². The van der Waals surface area contributed by atoms with E-state index >= 15 is 0 Å². The van der Waals surface area contributed by atoms with Gasteiger partial charge in [-0.1, -0.05) is 18.0 Å². The first kappa shape index (κ1) is 11.8. The lowest BCUT2D eigenvalue weighted by molar-refractivity contribution is -0.120. The van der Waals surface area contributed by atoms with Gasteiger partial charge in [-0.3, -0.25) is 4.79 Å². The summed E-state index contributed by atoms with van der Waals surface area (Å²) in [5.74, 6) is 3.05. The standard InChI is InChI=1S/C16H17ClO2/c17-11-6-9-4-5-19-16(9)10(7-11)8-14(18)15-12-2-1-3-13(12)15/h6-7,12-13,15H,1-5,8H2. The first-order chi connectivity index (χ1) is 9.24. The van der Waals surface area contributed by atoms with Crippen molar-refractivity contribution >= 4 is 17.4 Å². The quantitative estimate of drug-likeness (QED) is 0.845. The van der Waals surface area contributed by atoms with E-state index in [0.717, 1.165) is 28.3 Å². The van der Waals surface area contributed by atoms with Gasteiger partial charge in [0.2, 0.25) is 0 Å². The summed E-state index contributed by atoms with van der Waals surface area (Å²) in [6.45, 7) is 0.714. The van der Waals surface area contributed by atoms with Crippen LogP contribution in [0.25, 0.3) is 0 Å². The van der Waals surface area contributed by atoms with E-state index in [1.807, 2.05) is 12.1 Å². The van der Waals surface area contributed by atoms with E-state index in [-0.39, 0.29) is 0 Å². The van der Waals surface area contributed by atoms with Crippen molar-refractivity contribution in [2.45, 2.75) is 32.1 Å². The highest BCUT2D eigenvalue weighted by Gasteiger charge is 2.55. The molecule has 0 N–H and O–H groups in total. The summed E-state index contributed by atoms with van der Waals surface area (Å²) in [6, 6.07) is 3.87. The van der Waals surface area contributed by atoms with Gasteiger partial charge in [0.25, 0.3) is 0 Å². The third kappa shape index (κ3) is 1.88. The Labute approximate surface area is 118 Å². The normalized spacial score (nSPS) is 30.7. The second-order valence-electron chi connectivity index (χ2n) is 6.08. The molecular formula is C16H17ClO2. The smallest absolute Gasteiger partial charge is 0.141 e. The summed E-state index contributed by atoms with van der Waals surface area (Å²) in [5.41, 5.74) is 2.15. The van der Waals surface area contributed by atoms with Crippen LogP contribution in [0.2, 0.25) is 5.02 Å². The number of Topliss-reactive ketones (excluding diaryl/α,β-unsaturated/α-hetero) is 1. The molecule has 1 heterocycles. The second-order valence-corrected chi connectivity index (χ2v) is 6.52. The fraction of sp³-hybridized carbons (Fsp3) is 0.562. The highest BCUT2D eigenvalue weighted by molar-refractivity contribution is 6.30. The Bertz CT molecular complexity index is 542. The average molecular weight is 277 g/mol. The van der Waals surface area contributed by atoms with Gasteiger partial charge in [0.05, 0.1) is 6.61 Å². The van der Waals surface area contributed by atoms with Crippen LogP contribution in [0.4, 0.5) is 0 Å². The molecular weight excluding hydrogens is 260 g/mol. The molecule has 0 aromatic heterocycles. The highest BCUT2D eigenvalue weighted by Crippen LogP contribution is 2.58. The van der Waals surface area contributed by atoms with Crippen molar-refractivity contribution in [1.29, 1.82) is 0 Å². The van der Waals surface area contributed by atoms with Crippen molar-refractivity contribution < 1.29 is 9.53 Å². The Morgan fingerprint density at radius 2 is 2.11 bits per heavy atom. The molecule has 100 valence electrons. The molecule has 3 heteroatoms. The molecule has 1 aliphatic heterocycles. The van der Waals surface area contributed by atoms with Crippen LogP contribution in [0.3, 0.4) is 0 Å². The minimum atomic E-state index is 0.338. The number of hydrogen-bond acceptors (Lipinski definition) is 2. The van der Waals surface area contributed by atoms with Crippen molar-refractivity contribution in [3.8, 4) is 5.75 Å². The number of carbonyl (C=O) groups is 1. The topological polar surface area (TPSA) is 26.3 Å². The van der Waals surface area contributed by atoms with Gasteiger partial charge in [-0.2, -0.15) is 0 Å². The molecule has 2 unspecified atom stereocenters. The van der Waals surface area contributed by atoms with Crippen LogP contribution >= 0.6 is 11.6 Å². The molecule has 0 amide bonds. The van der Waals surface area contributed by atoms with Gasteiger partial charge in [0.15, 0.2) is 0 Å². The molecule has 1 aromatic carbocycles. The number of benzene rings is 1. The monoisotopic (exact) mass is 276 g/mol. The molecule has 2 atom stereocenters. The third-order valence-corrected chi connectivity index (χ3v) is 5.19. The molecule has 2 saturated carbocycles. The van der Waals surface area contributed by atoms with Crippen molar-refractivity contribution in [1.82, 2.24) is 0 Å². The zero-order valence-corrected chi connectivity index (χ0v) is 11.6. The van der Waals surface area contributed by atoms with Crippen LogP contribution in [-0.4, -0.2) is 12.4 Å². The summed E-state index contributed by atoms with van der Waals surface area (Å²) in [6.07, 6.45) is 5.23. The number of carbonyl (C=O) groups excluding carboxylic acids is 1. The summed E-state index contributed by atoms with van der Waals surface area (Å²) < 4.78 is 5.67. The fourth-order valence-electron chi connectivity index (χ4n) is 4.08. The summed E-state index contributed by atoms with van der Waals surface area (Å²) in [7, 11) is 0. The largest absolute Gasteiger partial charge is 0.493 e. The van der Waals surface area contributed by atoms with Crippen LogP contribution in [0, 0.1) is 17.8 Å². The zero-order valence-electron chi connectivity index (χ0n) is 10.8. The Balaban J connectivity index is 1.55. The number of rotatable bonds is 3. The Kier molecular flexibility index (Phi) is 2.63. The maximum absolute atomic E-state index is 12.4. The van der Waals surface area contributed by atoms with Crippen molar-refractivity contribution in [3.63, 3.8) is 0 Å². The van der Waals surface area contributed by atoms with Crippen molar-refractivity contribution in [3.05, 3.63) is 28.3 Å². The summed E-state index contributed by atoms with van der Waals surface area (Å²) in [4.78, 5) is 12.4. The third-order valence-electron chi connectivity index (χ3n) is 4.97. The van der Waals surface area contributed by atoms with E-state index in [1.165, 1.54) is 19.3 Å². The Morgan fingerprint density at radius 1 is 1.32 bits per heavy atom. The molecule has 2 fully saturated rings. The second kappa shape index (κ2) is 4.24. The molecule has 1 aromatic rings. The van der Waals surface area contributed by atoms with Crippen LogP contribution < -0.4 is 4.74 Å². The Morgan fingerprint density at radius 3 is 2.89 bits per heavy atom. The number of fused-ring (bicyclic) bond motifs is 2. The summed E-state index contributed by atoms with van der Waals surface area (Å²) >= 11 is 6.14. The number of ether oxygens (including phenoxy) is 1. The van der Waals surface area contributed by atoms with E-state index in [2.05, 4.69) is 0 Å². The zero-order chi connectivity index (χ0) is 13.0. The molecule has 0 radical (unpaired) electrons. The van der Waals surface area contributed by atoms with Crippen LogP contribution in [-0.2, 0) is 17.6 Å². The van der Waals surface area contributed by atoms with Crippen LogP contribution in [0.1, 0.15) is 30.4 Å². The van der Waals surface area contributed by atoms with E-state index in [9.17, 15) is 4.79 Å². The van der Waals surface area contributed by atoms with Gasteiger partial charge in [-0.25, -0.2) is 0 Å². The van der Waals surface area contributed by atoms with Crippen molar-refractivity contribution in [2.24, 2.45) is 17.8 Å². The maximum Gasteiger partial charge on any atom is 0.141 e. The lowest BCUT2D eigenvalue weighted by Crippen LogP contribution is -2.10. The predicted molar refractivity (Wildman–Crippen MR) is 73.7 cm³/mol. The summed E-state index contributed by atoms with van der Waals surface area (Å²) in [5, 5.41) is 0.725. The van der Waals surface area contributed by atoms with Gasteiger partial charge in [-0.15, -0.1) is 0 Å². The number of ketones is 1. The first-order valence-electron chi connectivity index (χ1n) is 7.21. The lowest BCUT2D eigenvalue weighted by Gasteiger charge is -2.09. The van der Waals surface area contributed by atoms with Gasteiger partial charge in [-0.05, 0) is 42.4 Å². The molecule has 4 rings (SSSR count). The Hall–Kier alpha value is -1.02. The molecule has 0 spiro atoms. The number of halogens is 1. The molecule has 2 nitrogen and oxygen atoms in total. The van der Waals surface area contributed by atoms with Crippen LogP contribution in [0.5, 0.6) is 5.75 Å². The highest BCUT2D eigenvalue weighted by atomic mass is 35.5. The molecule has 0 bridgehead atoms. The average Bonchev–Trinajstić information content (AvgIpc) is 2.79. The number of hydrogen-bond donors (Lipinski definition) is 0. The van der Waals surface area contributed by atoms with E-state index in [0.29, 0.717) is 36.6 Å². The first-order valence-corrected chi connectivity index (χ1v) is 7.58. The van der Waals surface area contributed by atoms with Crippen molar-refractivity contribution in [2.75, 3.05) is 6.61 Å². The fourth-order valence-corrected chi connectivity index (χ4v) is 4.35. The maximum atomic E-state index is 12.4. The SMILES string of the molecule is O=C(Cc1cc(Cl)cc2c1OCC2)C1C2CCCC21. The van der Waals surface area contributed by atoms with E-state index in [1.54, 1.807) is 0 Å². The van der Waals surface area contributed by atoms with Gasteiger partial charge >= 0.3 is 0 Å². The predicted octanol–water partition coefficient (Wildman–Crippen LogP) is 3.43. The van der Waals surface area contributed by atoms with E-state index in [4.69, 9.17) is 16.3 Å². The molecule has 3 aliphatic rings. The van der Waals surface area contributed by atoms with Crippen LogP contribution in [0.15, 0.2) is 12.1 Å².